The number of rotatable bonds is 4. The summed E-state index contributed by atoms with van der Waals surface area (Å²) in [7, 11) is 1.61. The molecule has 2 rings (SSSR count). The highest BCUT2D eigenvalue weighted by atomic mass is 16.5. The fourth-order valence-corrected chi connectivity index (χ4v) is 2.35. The van der Waals surface area contributed by atoms with Crippen LogP contribution >= 0.6 is 0 Å². The van der Waals surface area contributed by atoms with E-state index in [2.05, 4.69) is 22.0 Å². The van der Waals surface area contributed by atoms with E-state index < -0.39 is 0 Å². The Labute approximate surface area is 96.6 Å². The summed E-state index contributed by atoms with van der Waals surface area (Å²) < 4.78 is 5.00. The first kappa shape index (κ1) is 11.3. The summed E-state index contributed by atoms with van der Waals surface area (Å²) in [5.41, 5.74) is 1.06. The number of ether oxygens (including phenoxy) is 1. The van der Waals surface area contributed by atoms with Crippen LogP contribution in [0.15, 0.2) is 12.1 Å². The zero-order valence-corrected chi connectivity index (χ0v) is 10.0. The van der Waals surface area contributed by atoms with Gasteiger partial charge in [-0.15, -0.1) is 5.10 Å². The average Bonchev–Trinajstić information content (AvgIpc) is 2.77. The molecule has 88 valence electrons. The Hall–Kier alpha value is -1.16. The first-order valence-electron chi connectivity index (χ1n) is 5.94. The zero-order chi connectivity index (χ0) is 11.4. The molecular formula is C12H19N3O. The quantitative estimate of drug-likeness (QED) is 0.772. The average molecular weight is 221 g/mol. The van der Waals surface area contributed by atoms with Gasteiger partial charge in [0, 0.05) is 18.5 Å². The van der Waals surface area contributed by atoms with E-state index in [0.29, 0.717) is 11.9 Å². The van der Waals surface area contributed by atoms with Crippen molar-refractivity contribution in [2.24, 2.45) is 0 Å². The van der Waals surface area contributed by atoms with Crippen molar-refractivity contribution >= 4 is 0 Å². The molecule has 1 aromatic heterocycles. The predicted octanol–water partition coefficient (Wildman–Crippen LogP) is 1.51. The van der Waals surface area contributed by atoms with Gasteiger partial charge in [-0.3, -0.25) is 0 Å². The molecule has 4 nitrogen and oxygen atoms in total. The molecule has 1 aromatic rings. The highest BCUT2D eigenvalue weighted by molar-refractivity contribution is 5.12. The molecule has 0 aromatic carbocycles. The zero-order valence-electron chi connectivity index (χ0n) is 10.0. The first-order valence-corrected chi connectivity index (χ1v) is 5.94. The van der Waals surface area contributed by atoms with Gasteiger partial charge in [0.2, 0.25) is 5.88 Å². The largest absolute Gasteiger partial charge is 0.480 e. The van der Waals surface area contributed by atoms with Crippen molar-refractivity contribution < 1.29 is 4.74 Å². The molecule has 1 fully saturated rings. The summed E-state index contributed by atoms with van der Waals surface area (Å²) >= 11 is 0. The normalized spacial score (nSPS) is 21.2. The first-order chi connectivity index (χ1) is 7.83. The molecule has 4 heteroatoms. The van der Waals surface area contributed by atoms with Gasteiger partial charge < -0.3 is 9.64 Å². The molecule has 16 heavy (non-hydrogen) atoms. The maximum atomic E-state index is 5.00. The third kappa shape index (κ3) is 2.50. The van der Waals surface area contributed by atoms with E-state index in [1.54, 1.807) is 7.11 Å². The second-order valence-electron chi connectivity index (χ2n) is 4.20. The standard InChI is InChI=1S/C12H19N3O/c1-3-15-8-4-5-11(15)9-10-6-7-12(16-2)14-13-10/h6-7,11H,3-5,8-9H2,1-2H3. The number of methoxy groups -OCH3 is 1. The number of hydrogen-bond donors (Lipinski definition) is 0. The molecule has 0 spiro atoms. The Morgan fingerprint density at radius 1 is 1.44 bits per heavy atom. The fourth-order valence-electron chi connectivity index (χ4n) is 2.35. The Morgan fingerprint density at radius 3 is 2.94 bits per heavy atom. The minimum atomic E-state index is 0.586. The van der Waals surface area contributed by atoms with E-state index >= 15 is 0 Å². The number of hydrogen-bond acceptors (Lipinski definition) is 4. The Kier molecular flexibility index (Phi) is 3.72. The highest BCUT2D eigenvalue weighted by Crippen LogP contribution is 2.20. The SMILES string of the molecule is CCN1CCCC1Cc1ccc(OC)nn1. The Morgan fingerprint density at radius 2 is 2.31 bits per heavy atom. The summed E-state index contributed by atoms with van der Waals surface area (Å²) in [6.45, 7) is 4.58. The van der Waals surface area contributed by atoms with Crippen LogP contribution in [0.4, 0.5) is 0 Å². The maximum absolute atomic E-state index is 5.00. The number of likely N-dealkylation sites (tertiary alicyclic amines) is 1. The molecule has 1 atom stereocenters. The van der Waals surface area contributed by atoms with Crippen LogP contribution in [0, 0.1) is 0 Å². The van der Waals surface area contributed by atoms with Crippen LogP contribution in [-0.2, 0) is 6.42 Å². The van der Waals surface area contributed by atoms with E-state index in [1.165, 1.54) is 19.4 Å². The summed E-state index contributed by atoms with van der Waals surface area (Å²) in [6.07, 6.45) is 3.59. The summed E-state index contributed by atoms with van der Waals surface area (Å²) in [5.74, 6) is 0.586. The van der Waals surface area contributed by atoms with Crippen molar-refractivity contribution in [1.82, 2.24) is 15.1 Å². The molecule has 0 radical (unpaired) electrons. The predicted molar refractivity (Wildman–Crippen MR) is 62.6 cm³/mol. The van der Waals surface area contributed by atoms with Crippen molar-refractivity contribution in [3.8, 4) is 5.88 Å². The van der Waals surface area contributed by atoms with E-state index in [9.17, 15) is 0 Å². The third-order valence-electron chi connectivity index (χ3n) is 3.25. The minimum absolute atomic E-state index is 0.586. The lowest BCUT2D eigenvalue weighted by atomic mass is 10.1. The van der Waals surface area contributed by atoms with Gasteiger partial charge in [-0.2, -0.15) is 5.10 Å². The van der Waals surface area contributed by atoms with E-state index in [4.69, 9.17) is 4.74 Å². The molecule has 1 saturated heterocycles. The fraction of sp³-hybridized carbons (Fsp3) is 0.667. The monoisotopic (exact) mass is 221 g/mol. The van der Waals surface area contributed by atoms with E-state index in [1.807, 2.05) is 12.1 Å². The van der Waals surface area contributed by atoms with Gasteiger partial charge in [0.1, 0.15) is 0 Å². The molecule has 0 amide bonds. The van der Waals surface area contributed by atoms with Gasteiger partial charge in [0.15, 0.2) is 0 Å². The van der Waals surface area contributed by atoms with Gasteiger partial charge >= 0.3 is 0 Å². The lowest BCUT2D eigenvalue weighted by molar-refractivity contribution is 0.264. The van der Waals surface area contributed by atoms with Crippen molar-refractivity contribution in [3.63, 3.8) is 0 Å². The van der Waals surface area contributed by atoms with E-state index in [0.717, 1.165) is 18.7 Å². The Bertz CT molecular complexity index is 326. The van der Waals surface area contributed by atoms with Crippen molar-refractivity contribution in [2.45, 2.75) is 32.2 Å². The lowest BCUT2D eigenvalue weighted by Gasteiger charge is -2.21. The van der Waals surface area contributed by atoms with E-state index in [-0.39, 0.29) is 0 Å². The highest BCUT2D eigenvalue weighted by Gasteiger charge is 2.23. The lowest BCUT2D eigenvalue weighted by Crippen LogP contribution is -2.31. The van der Waals surface area contributed by atoms with Crippen molar-refractivity contribution in [3.05, 3.63) is 17.8 Å². The summed E-state index contributed by atoms with van der Waals surface area (Å²) in [6, 6.07) is 4.54. The van der Waals surface area contributed by atoms with Gasteiger partial charge in [-0.1, -0.05) is 6.92 Å². The molecular weight excluding hydrogens is 202 g/mol. The van der Waals surface area contributed by atoms with Gasteiger partial charge in [-0.05, 0) is 32.0 Å². The van der Waals surface area contributed by atoms with Crippen LogP contribution in [-0.4, -0.2) is 41.3 Å². The van der Waals surface area contributed by atoms with Crippen molar-refractivity contribution in [2.75, 3.05) is 20.2 Å². The van der Waals surface area contributed by atoms with Gasteiger partial charge in [-0.25, -0.2) is 0 Å². The van der Waals surface area contributed by atoms with Crippen LogP contribution in [0.2, 0.25) is 0 Å². The van der Waals surface area contributed by atoms with Crippen LogP contribution in [0.25, 0.3) is 0 Å². The number of aromatic nitrogens is 2. The molecule has 2 heterocycles. The topological polar surface area (TPSA) is 38.2 Å². The molecule has 1 aliphatic heterocycles. The minimum Gasteiger partial charge on any atom is -0.480 e. The second kappa shape index (κ2) is 5.25. The summed E-state index contributed by atoms with van der Waals surface area (Å²) in [4.78, 5) is 2.52. The van der Waals surface area contributed by atoms with Gasteiger partial charge in [0.25, 0.3) is 0 Å². The second-order valence-corrected chi connectivity index (χ2v) is 4.20. The van der Waals surface area contributed by atoms with Crippen LogP contribution in [0.3, 0.4) is 0 Å². The molecule has 0 N–H and O–H groups in total. The van der Waals surface area contributed by atoms with Crippen LogP contribution < -0.4 is 4.74 Å². The smallest absolute Gasteiger partial charge is 0.233 e. The maximum Gasteiger partial charge on any atom is 0.233 e. The number of nitrogens with zero attached hydrogens (tertiary/aromatic N) is 3. The molecule has 0 saturated carbocycles. The van der Waals surface area contributed by atoms with Crippen LogP contribution in [0.5, 0.6) is 5.88 Å². The van der Waals surface area contributed by atoms with Crippen LogP contribution in [0.1, 0.15) is 25.5 Å². The summed E-state index contributed by atoms with van der Waals surface area (Å²) in [5, 5.41) is 8.18. The molecule has 1 unspecified atom stereocenters. The third-order valence-corrected chi connectivity index (χ3v) is 3.25. The molecule has 1 aliphatic rings. The van der Waals surface area contributed by atoms with Gasteiger partial charge in [0.05, 0.1) is 12.8 Å². The van der Waals surface area contributed by atoms with Crippen molar-refractivity contribution in [1.29, 1.82) is 0 Å². The molecule has 0 bridgehead atoms. The Balaban J connectivity index is 1.97. The molecule has 0 aliphatic carbocycles. The number of likely N-dealkylation sites (N-methyl/N-ethyl adjacent to an activating group) is 1.